The lowest BCUT2D eigenvalue weighted by Crippen LogP contribution is -2.51. The van der Waals surface area contributed by atoms with Gasteiger partial charge in [-0.3, -0.25) is 13.9 Å². The largest absolute Gasteiger partial charge is 0.492 e. The van der Waals surface area contributed by atoms with Crippen LogP contribution in [0.1, 0.15) is 39.2 Å². The Balaban J connectivity index is 2.05. The van der Waals surface area contributed by atoms with Crippen LogP contribution >= 0.6 is 27.5 Å². The Morgan fingerprint density at radius 2 is 1.73 bits per heavy atom. The smallest absolute Gasteiger partial charge is 0.264 e. The molecule has 0 bridgehead atoms. The lowest BCUT2D eigenvalue weighted by Gasteiger charge is -2.32. The quantitative estimate of drug-likeness (QED) is 0.213. The molecule has 3 rings (SSSR count). The Morgan fingerprint density at radius 1 is 1.02 bits per heavy atom. The number of para-hydroxylation sites is 2. The molecule has 0 aliphatic rings. The molecule has 0 spiro atoms. The molecule has 8 nitrogen and oxygen atoms in total. The molecule has 1 unspecified atom stereocenters. The van der Waals surface area contributed by atoms with Crippen molar-refractivity contribution in [2.24, 2.45) is 0 Å². The first kappa shape index (κ1) is 32.4. The number of sulfonamides is 1. The Bertz CT molecular complexity index is 1440. The predicted molar refractivity (Wildman–Crippen MR) is 166 cm³/mol. The lowest BCUT2D eigenvalue weighted by atomic mass is 10.1. The number of carbonyl (C=O) groups excluding carboxylic acids is 2. The van der Waals surface area contributed by atoms with Crippen LogP contribution in [0.15, 0.2) is 82.2 Å². The molecule has 0 radical (unpaired) electrons. The Kier molecular flexibility index (Phi) is 12.1. The summed E-state index contributed by atoms with van der Waals surface area (Å²) in [6.45, 7) is 5.77. The summed E-state index contributed by atoms with van der Waals surface area (Å²) >= 11 is 9.47. The molecule has 3 aromatic rings. The molecular formula is C30H35BrClN3O5S. The van der Waals surface area contributed by atoms with E-state index in [0.717, 1.165) is 27.2 Å². The fraction of sp³-hybridized carbons (Fsp3) is 0.333. The first-order valence-corrected chi connectivity index (χ1v) is 16.0. The maximum atomic E-state index is 14.1. The Hall–Kier alpha value is -3.08. The van der Waals surface area contributed by atoms with Crippen LogP contribution < -0.4 is 14.4 Å². The van der Waals surface area contributed by atoms with E-state index in [4.69, 9.17) is 16.3 Å². The minimum absolute atomic E-state index is 0.0371. The van der Waals surface area contributed by atoms with Gasteiger partial charge in [0.25, 0.3) is 10.0 Å². The molecule has 0 aliphatic carbocycles. The van der Waals surface area contributed by atoms with E-state index < -0.39 is 28.5 Å². The molecule has 11 heteroatoms. The third-order valence-electron chi connectivity index (χ3n) is 6.35. The molecule has 1 atom stereocenters. The zero-order valence-corrected chi connectivity index (χ0v) is 26.5. The number of amides is 2. The predicted octanol–water partition coefficient (Wildman–Crippen LogP) is 6.03. The van der Waals surface area contributed by atoms with E-state index in [1.165, 1.54) is 29.2 Å². The number of nitrogens with one attached hydrogen (secondary N) is 1. The maximum absolute atomic E-state index is 14.1. The van der Waals surface area contributed by atoms with E-state index in [0.29, 0.717) is 23.9 Å². The van der Waals surface area contributed by atoms with Gasteiger partial charge in [0.2, 0.25) is 11.8 Å². The summed E-state index contributed by atoms with van der Waals surface area (Å²) in [5.41, 5.74) is 0.989. The second-order valence-corrected chi connectivity index (χ2v) is 12.6. The second-order valence-electron chi connectivity index (χ2n) is 9.34. The van der Waals surface area contributed by atoms with Crippen molar-refractivity contribution in [1.82, 2.24) is 10.2 Å². The Labute approximate surface area is 255 Å². The van der Waals surface area contributed by atoms with Crippen LogP contribution in [0.25, 0.3) is 0 Å². The van der Waals surface area contributed by atoms with Gasteiger partial charge in [0.1, 0.15) is 18.3 Å². The van der Waals surface area contributed by atoms with Gasteiger partial charge in [-0.25, -0.2) is 8.42 Å². The summed E-state index contributed by atoms with van der Waals surface area (Å²) < 4.78 is 35.6. The van der Waals surface area contributed by atoms with E-state index >= 15 is 0 Å². The highest BCUT2D eigenvalue weighted by Crippen LogP contribution is 2.33. The van der Waals surface area contributed by atoms with Gasteiger partial charge in [-0.15, -0.1) is 0 Å². The van der Waals surface area contributed by atoms with Crippen LogP contribution in [-0.2, 0) is 26.2 Å². The number of ether oxygens (including phenoxy) is 1. The van der Waals surface area contributed by atoms with Gasteiger partial charge in [0.05, 0.1) is 17.2 Å². The molecule has 0 aromatic heterocycles. The second kappa shape index (κ2) is 15.2. The van der Waals surface area contributed by atoms with E-state index in [-0.39, 0.29) is 23.0 Å². The molecule has 220 valence electrons. The fourth-order valence-corrected chi connectivity index (χ4v) is 6.14. The van der Waals surface area contributed by atoms with Gasteiger partial charge in [-0.2, -0.15) is 0 Å². The van der Waals surface area contributed by atoms with Crippen molar-refractivity contribution >= 4 is 55.1 Å². The molecule has 0 heterocycles. The number of anilines is 1. The minimum Gasteiger partial charge on any atom is -0.492 e. The molecule has 0 fully saturated rings. The van der Waals surface area contributed by atoms with Crippen molar-refractivity contribution < 1.29 is 22.7 Å². The maximum Gasteiger partial charge on any atom is 0.264 e. The lowest BCUT2D eigenvalue weighted by molar-refractivity contribution is -0.139. The number of benzene rings is 3. The van der Waals surface area contributed by atoms with Gasteiger partial charge < -0.3 is 15.0 Å². The standard InChI is InChI=1S/C30H35BrClN3O5S/c1-4-6-18-33-30(37)22(3)34(20-23-10-9-11-24(31)19-23)29(36)21-35(27-12-7-8-13-28(27)40-5-2)41(38,39)26-16-14-25(32)15-17-26/h7-17,19,22H,4-6,18,20-21H2,1-3H3,(H,33,37). The summed E-state index contributed by atoms with van der Waals surface area (Å²) in [4.78, 5) is 28.5. The van der Waals surface area contributed by atoms with Gasteiger partial charge in [-0.1, -0.05) is 65.1 Å². The van der Waals surface area contributed by atoms with Crippen molar-refractivity contribution in [2.45, 2.75) is 51.1 Å². The molecule has 2 amide bonds. The molecule has 0 saturated heterocycles. The topological polar surface area (TPSA) is 96.0 Å². The molecule has 0 saturated carbocycles. The van der Waals surface area contributed by atoms with Crippen LogP contribution in [0.2, 0.25) is 5.02 Å². The summed E-state index contributed by atoms with van der Waals surface area (Å²) in [5.74, 6) is -0.556. The van der Waals surface area contributed by atoms with E-state index in [2.05, 4.69) is 21.2 Å². The van der Waals surface area contributed by atoms with Gasteiger partial charge >= 0.3 is 0 Å². The molecular weight excluding hydrogens is 630 g/mol. The first-order chi connectivity index (χ1) is 19.6. The number of halogens is 2. The highest BCUT2D eigenvalue weighted by molar-refractivity contribution is 9.10. The summed E-state index contributed by atoms with van der Waals surface area (Å²) in [6, 6.07) is 18.9. The van der Waals surface area contributed by atoms with Crippen molar-refractivity contribution in [3.63, 3.8) is 0 Å². The van der Waals surface area contributed by atoms with Crippen LogP contribution in [-0.4, -0.2) is 50.9 Å². The average molecular weight is 665 g/mol. The number of rotatable bonds is 14. The zero-order chi connectivity index (χ0) is 30.0. The summed E-state index contributed by atoms with van der Waals surface area (Å²) in [7, 11) is -4.24. The van der Waals surface area contributed by atoms with Crippen molar-refractivity contribution in [2.75, 3.05) is 24.0 Å². The number of nitrogens with zero attached hydrogens (tertiary/aromatic N) is 2. The summed E-state index contributed by atoms with van der Waals surface area (Å²) in [6.07, 6.45) is 1.71. The molecule has 0 aliphatic heterocycles. The van der Waals surface area contributed by atoms with Gasteiger partial charge in [0.15, 0.2) is 0 Å². The fourth-order valence-electron chi connectivity index (χ4n) is 4.14. The van der Waals surface area contributed by atoms with Crippen molar-refractivity contribution in [3.8, 4) is 5.75 Å². The van der Waals surface area contributed by atoms with Crippen LogP contribution in [0.4, 0.5) is 5.69 Å². The highest BCUT2D eigenvalue weighted by atomic mass is 79.9. The third kappa shape index (κ3) is 8.70. The van der Waals surface area contributed by atoms with Gasteiger partial charge in [-0.05, 0) is 74.4 Å². The summed E-state index contributed by atoms with van der Waals surface area (Å²) in [5, 5.41) is 3.26. The monoisotopic (exact) mass is 663 g/mol. The van der Waals surface area contributed by atoms with Crippen LogP contribution in [0, 0.1) is 0 Å². The van der Waals surface area contributed by atoms with Crippen molar-refractivity contribution in [1.29, 1.82) is 0 Å². The van der Waals surface area contributed by atoms with E-state index in [1.807, 2.05) is 31.2 Å². The zero-order valence-electron chi connectivity index (χ0n) is 23.3. The van der Waals surface area contributed by atoms with Crippen LogP contribution in [0.5, 0.6) is 5.75 Å². The number of unbranched alkanes of at least 4 members (excludes halogenated alkanes) is 1. The molecule has 3 aromatic carbocycles. The van der Waals surface area contributed by atoms with E-state index in [9.17, 15) is 18.0 Å². The number of carbonyl (C=O) groups is 2. The number of hydrogen-bond donors (Lipinski definition) is 1. The minimum atomic E-state index is -4.24. The highest BCUT2D eigenvalue weighted by Gasteiger charge is 2.33. The normalized spacial score (nSPS) is 11.9. The first-order valence-electron chi connectivity index (χ1n) is 13.4. The van der Waals surface area contributed by atoms with Gasteiger partial charge in [0, 0.05) is 22.6 Å². The SMILES string of the molecule is CCCCNC(=O)C(C)N(Cc1cccc(Br)c1)C(=O)CN(c1ccccc1OCC)S(=O)(=O)c1ccc(Cl)cc1. The van der Waals surface area contributed by atoms with E-state index in [1.54, 1.807) is 38.1 Å². The third-order valence-corrected chi connectivity index (χ3v) is 8.87. The Morgan fingerprint density at radius 3 is 2.39 bits per heavy atom. The molecule has 41 heavy (non-hydrogen) atoms. The number of hydrogen-bond acceptors (Lipinski definition) is 5. The molecule has 1 N–H and O–H groups in total. The average Bonchev–Trinajstić information content (AvgIpc) is 2.95. The van der Waals surface area contributed by atoms with Crippen LogP contribution in [0.3, 0.4) is 0 Å². The van der Waals surface area contributed by atoms with Crippen molar-refractivity contribution in [3.05, 3.63) is 87.9 Å².